The summed E-state index contributed by atoms with van der Waals surface area (Å²) in [6, 6.07) is 14.2. The van der Waals surface area contributed by atoms with Crippen molar-refractivity contribution in [1.29, 1.82) is 0 Å². The molecule has 1 N–H and O–H groups in total. The van der Waals surface area contributed by atoms with E-state index < -0.39 is 0 Å². The predicted octanol–water partition coefficient (Wildman–Crippen LogP) is 4.66. The highest BCUT2D eigenvalue weighted by molar-refractivity contribution is 7.99. The Morgan fingerprint density at radius 2 is 1.86 bits per heavy atom. The number of fused-ring (bicyclic) bond motifs is 1. The van der Waals surface area contributed by atoms with Gasteiger partial charge in [-0.3, -0.25) is 9.59 Å². The number of anilines is 1. The molecule has 0 radical (unpaired) electrons. The van der Waals surface area contributed by atoms with E-state index in [1.807, 2.05) is 47.9 Å². The highest BCUT2D eigenvalue weighted by atomic mass is 32.2. The van der Waals surface area contributed by atoms with Gasteiger partial charge >= 0.3 is 0 Å². The largest absolute Gasteiger partial charge is 0.338 e. The fraction of sp³-hybridized carbons (Fsp3) is 0.391. The van der Waals surface area contributed by atoms with Gasteiger partial charge in [0.25, 0.3) is 0 Å². The summed E-state index contributed by atoms with van der Waals surface area (Å²) in [7, 11) is 0. The van der Waals surface area contributed by atoms with Gasteiger partial charge in [-0.05, 0) is 47.4 Å². The molecule has 0 saturated carbocycles. The number of carbonyl (C=O) groups is 2. The first-order valence-corrected chi connectivity index (χ1v) is 10.8. The molecule has 1 aliphatic heterocycles. The minimum absolute atomic E-state index is 0.0264. The van der Waals surface area contributed by atoms with Gasteiger partial charge in [-0.2, -0.15) is 0 Å². The van der Waals surface area contributed by atoms with Crippen molar-refractivity contribution in [3.8, 4) is 0 Å². The van der Waals surface area contributed by atoms with E-state index in [9.17, 15) is 9.59 Å². The molecule has 148 valence electrons. The van der Waals surface area contributed by atoms with E-state index >= 15 is 0 Å². The van der Waals surface area contributed by atoms with E-state index in [-0.39, 0.29) is 11.8 Å². The van der Waals surface area contributed by atoms with Crippen LogP contribution in [0.1, 0.15) is 43.9 Å². The van der Waals surface area contributed by atoms with Crippen LogP contribution in [0.3, 0.4) is 0 Å². The zero-order valence-corrected chi connectivity index (χ0v) is 17.6. The zero-order valence-electron chi connectivity index (χ0n) is 16.8. The van der Waals surface area contributed by atoms with Crippen molar-refractivity contribution in [2.45, 2.75) is 56.7 Å². The second-order valence-electron chi connectivity index (χ2n) is 7.44. The minimum atomic E-state index is -0.0264. The molecular weight excluding hydrogens is 368 g/mol. The lowest BCUT2D eigenvalue weighted by Crippen LogP contribution is -2.35. The van der Waals surface area contributed by atoms with Crippen LogP contribution in [0.2, 0.25) is 0 Å². The second kappa shape index (κ2) is 9.28. The standard InChI is InChI=1S/C23H28N2O2S/c1-4-23(27)25-12-11-18-7-8-20(14-19(18)15-25)24-22(26)13-17-5-9-21(10-6-17)28-16(2)3/h5-10,14,16H,4,11-13,15H2,1-3H3,(H,24,26). The van der Waals surface area contributed by atoms with Gasteiger partial charge in [0.2, 0.25) is 11.8 Å². The van der Waals surface area contributed by atoms with Gasteiger partial charge in [-0.25, -0.2) is 0 Å². The molecule has 0 spiro atoms. The normalized spacial score (nSPS) is 13.4. The van der Waals surface area contributed by atoms with Crippen LogP contribution in [-0.2, 0) is 29.0 Å². The third-order valence-corrected chi connectivity index (χ3v) is 5.83. The molecule has 0 aromatic heterocycles. The summed E-state index contributed by atoms with van der Waals surface area (Å²) in [5, 5.41) is 3.54. The smallest absolute Gasteiger partial charge is 0.228 e. The highest BCUT2D eigenvalue weighted by Crippen LogP contribution is 2.24. The van der Waals surface area contributed by atoms with E-state index in [1.54, 1.807) is 0 Å². The monoisotopic (exact) mass is 396 g/mol. The number of rotatable bonds is 6. The van der Waals surface area contributed by atoms with E-state index in [4.69, 9.17) is 0 Å². The Labute approximate surface area is 171 Å². The number of carbonyl (C=O) groups excluding carboxylic acids is 2. The highest BCUT2D eigenvalue weighted by Gasteiger charge is 2.20. The van der Waals surface area contributed by atoms with Crippen molar-refractivity contribution in [1.82, 2.24) is 4.90 Å². The summed E-state index contributed by atoms with van der Waals surface area (Å²) in [5.74, 6) is 0.153. The molecule has 0 fully saturated rings. The number of nitrogens with zero attached hydrogens (tertiary/aromatic N) is 1. The third kappa shape index (κ3) is 5.38. The van der Waals surface area contributed by atoms with E-state index in [0.717, 1.165) is 29.8 Å². The first-order chi connectivity index (χ1) is 13.4. The van der Waals surface area contributed by atoms with Gasteiger partial charge in [-0.15, -0.1) is 11.8 Å². The van der Waals surface area contributed by atoms with Crippen molar-refractivity contribution >= 4 is 29.3 Å². The Balaban J connectivity index is 1.61. The van der Waals surface area contributed by atoms with Crippen LogP contribution >= 0.6 is 11.8 Å². The Bertz CT molecular complexity index is 846. The van der Waals surface area contributed by atoms with Gasteiger partial charge < -0.3 is 10.2 Å². The van der Waals surface area contributed by atoms with Crippen LogP contribution in [0.5, 0.6) is 0 Å². The van der Waals surface area contributed by atoms with Gasteiger partial charge in [0.15, 0.2) is 0 Å². The summed E-state index contributed by atoms with van der Waals surface area (Å²) >= 11 is 1.82. The molecule has 0 aliphatic carbocycles. The molecule has 2 amide bonds. The molecule has 28 heavy (non-hydrogen) atoms. The van der Waals surface area contributed by atoms with Crippen molar-refractivity contribution in [3.63, 3.8) is 0 Å². The maximum atomic E-state index is 12.5. The fourth-order valence-electron chi connectivity index (χ4n) is 3.42. The van der Waals surface area contributed by atoms with Crippen molar-refractivity contribution < 1.29 is 9.59 Å². The summed E-state index contributed by atoms with van der Waals surface area (Å²) in [6.07, 6.45) is 1.75. The van der Waals surface area contributed by atoms with Gasteiger partial charge in [0.05, 0.1) is 6.42 Å². The molecular formula is C23H28N2O2S. The molecule has 0 unspecified atom stereocenters. The van der Waals surface area contributed by atoms with Crippen LogP contribution in [-0.4, -0.2) is 28.5 Å². The summed E-state index contributed by atoms with van der Waals surface area (Å²) < 4.78 is 0. The summed E-state index contributed by atoms with van der Waals surface area (Å²) in [6.45, 7) is 7.63. The molecule has 0 saturated heterocycles. The van der Waals surface area contributed by atoms with Crippen LogP contribution in [0.15, 0.2) is 47.4 Å². The summed E-state index contributed by atoms with van der Waals surface area (Å²) in [5.41, 5.74) is 4.18. The second-order valence-corrected chi connectivity index (χ2v) is 9.09. The van der Waals surface area contributed by atoms with Gasteiger partial charge in [0, 0.05) is 35.3 Å². The molecule has 0 atom stereocenters. The lowest BCUT2D eigenvalue weighted by atomic mass is 9.98. The molecule has 4 nitrogen and oxygen atoms in total. The van der Waals surface area contributed by atoms with Crippen molar-refractivity contribution in [2.24, 2.45) is 0 Å². The Morgan fingerprint density at radius 3 is 2.54 bits per heavy atom. The molecule has 0 bridgehead atoms. The Morgan fingerprint density at radius 1 is 1.11 bits per heavy atom. The number of amides is 2. The van der Waals surface area contributed by atoms with Crippen LogP contribution in [0.25, 0.3) is 0 Å². The van der Waals surface area contributed by atoms with Crippen LogP contribution in [0.4, 0.5) is 5.69 Å². The minimum Gasteiger partial charge on any atom is -0.338 e. The average molecular weight is 397 g/mol. The van der Waals surface area contributed by atoms with Gasteiger partial charge in [0.1, 0.15) is 0 Å². The van der Waals surface area contributed by atoms with Crippen molar-refractivity contribution in [2.75, 3.05) is 11.9 Å². The molecule has 2 aromatic carbocycles. The van der Waals surface area contributed by atoms with E-state index in [2.05, 4.69) is 37.4 Å². The quantitative estimate of drug-likeness (QED) is 0.722. The number of benzene rings is 2. The van der Waals surface area contributed by atoms with E-state index in [0.29, 0.717) is 24.6 Å². The van der Waals surface area contributed by atoms with E-state index in [1.165, 1.54) is 10.5 Å². The van der Waals surface area contributed by atoms with Crippen molar-refractivity contribution in [3.05, 3.63) is 59.2 Å². The lowest BCUT2D eigenvalue weighted by molar-refractivity contribution is -0.131. The van der Waals surface area contributed by atoms with Crippen LogP contribution < -0.4 is 5.32 Å². The maximum Gasteiger partial charge on any atom is 0.228 e. The lowest BCUT2D eigenvalue weighted by Gasteiger charge is -2.29. The first-order valence-electron chi connectivity index (χ1n) is 9.89. The average Bonchev–Trinajstić information content (AvgIpc) is 2.68. The molecule has 1 aliphatic rings. The summed E-state index contributed by atoms with van der Waals surface area (Å²) in [4.78, 5) is 27.5. The Kier molecular flexibility index (Phi) is 6.79. The number of hydrogen-bond acceptors (Lipinski definition) is 3. The first kappa shape index (κ1) is 20.5. The Hall–Kier alpha value is -2.27. The number of hydrogen-bond donors (Lipinski definition) is 1. The number of nitrogens with one attached hydrogen (secondary N) is 1. The molecule has 5 heteroatoms. The maximum absolute atomic E-state index is 12.5. The molecule has 2 aromatic rings. The third-order valence-electron chi connectivity index (χ3n) is 4.82. The predicted molar refractivity (Wildman–Crippen MR) is 116 cm³/mol. The molecule has 3 rings (SSSR count). The topological polar surface area (TPSA) is 49.4 Å². The zero-order chi connectivity index (χ0) is 20.1. The van der Waals surface area contributed by atoms with Gasteiger partial charge in [-0.1, -0.05) is 39.0 Å². The van der Waals surface area contributed by atoms with Crippen LogP contribution in [0, 0.1) is 0 Å². The fourth-order valence-corrected chi connectivity index (χ4v) is 4.26. The molecule has 1 heterocycles. The SMILES string of the molecule is CCC(=O)N1CCc2ccc(NC(=O)Cc3ccc(SC(C)C)cc3)cc2C1. The number of thioether (sulfide) groups is 1.